The van der Waals surface area contributed by atoms with Crippen LogP contribution in [0.2, 0.25) is 0 Å². The van der Waals surface area contributed by atoms with E-state index in [0.29, 0.717) is 9.16 Å². The van der Waals surface area contributed by atoms with Crippen molar-refractivity contribution in [3.05, 3.63) is 59.7 Å². The quantitative estimate of drug-likeness (QED) is 0.627. The first-order valence-electron chi connectivity index (χ1n) is 7.57. The summed E-state index contributed by atoms with van der Waals surface area (Å²) >= 11 is 8.29. The van der Waals surface area contributed by atoms with E-state index in [0.717, 1.165) is 0 Å². The molecule has 0 aromatic heterocycles. The van der Waals surface area contributed by atoms with E-state index in [9.17, 15) is 0 Å². The number of hydrogen-bond acceptors (Lipinski definition) is 4. The summed E-state index contributed by atoms with van der Waals surface area (Å²) < 4.78 is 1.29. The third-order valence-electron chi connectivity index (χ3n) is 3.94. The van der Waals surface area contributed by atoms with Gasteiger partial charge in [0.15, 0.2) is 0 Å². The van der Waals surface area contributed by atoms with Crippen LogP contribution in [-0.2, 0) is 0 Å². The third-order valence-corrected chi connectivity index (χ3v) is 10.2. The molecular formula is C18H18S4. The van der Waals surface area contributed by atoms with E-state index in [1.807, 2.05) is 0 Å². The third kappa shape index (κ3) is 3.35. The summed E-state index contributed by atoms with van der Waals surface area (Å²) in [5.74, 6) is 5.15. The Bertz CT molecular complexity index is 551. The van der Waals surface area contributed by atoms with Crippen LogP contribution in [0.3, 0.4) is 0 Å². The summed E-state index contributed by atoms with van der Waals surface area (Å²) in [5, 5.41) is 0. The molecule has 2 saturated heterocycles. The largest absolute Gasteiger partial charge is 0.142 e. The SMILES string of the molecule is c1cc(C2SCCS2)ccc1-c1ccc(C2SCCS2)cc1. The smallest absolute Gasteiger partial charge is 0.0751 e. The maximum absolute atomic E-state index is 2.31. The van der Waals surface area contributed by atoms with E-state index in [-0.39, 0.29) is 0 Å². The van der Waals surface area contributed by atoms with Gasteiger partial charge in [0.25, 0.3) is 0 Å². The van der Waals surface area contributed by atoms with E-state index < -0.39 is 0 Å². The molecule has 2 aromatic carbocycles. The van der Waals surface area contributed by atoms with Gasteiger partial charge in [-0.15, -0.1) is 47.0 Å². The Kier molecular flexibility index (Phi) is 5.01. The molecule has 4 heteroatoms. The lowest BCUT2D eigenvalue weighted by molar-refractivity contribution is 1.38. The van der Waals surface area contributed by atoms with Crippen molar-refractivity contribution in [2.24, 2.45) is 0 Å². The highest BCUT2D eigenvalue weighted by molar-refractivity contribution is 8.19. The fraction of sp³-hybridized carbons (Fsp3) is 0.333. The molecule has 0 radical (unpaired) electrons. The van der Waals surface area contributed by atoms with Gasteiger partial charge < -0.3 is 0 Å². The van der Waals surface area contributed by atoms with Gasteiger partial charge in [-0.25, -0.2) is 0 Å². The van der Waals surface area contributed by atoms with E-state index in [1.165, 1.54) is 45.3 Å². The molecule has 0 nitrogen and oxygen atoms in total. The van der Waals surface area contributed by atoms with Gasteiger partial charge in [-0.1, -0.05) is 48.5 Å². The normalized spacial score (nSPS) is 19.8. The summed E-state index contributed by atoms with van der Waals surface area (Å²) in [6, 6.07) is 18.4. The molecule has 0 amide bonds. The Labute approximate surface area is 149 Å². The molecule has 22 heavy (non-hydrogen) atoms. The molecule has 0 saturated carbocycles. The Morgan fingerprint density at radius 3 is 1.14 bits per heavy atom. The van der Waals surface area contributed by atoms with Gasteiger partial charge >= 0.3 is 0 Å². The van der Waals surface area contributed by atoms with Crippen LogP contribution in [0.15, 0.2) is 48.5 Å². The molecule has 2 aliphatic rings. The summed E-state index contributed by atoms with van der Waals surface area (Å²) in [6.07, 6.45) is 0. The standard InChI is InChI=1S/C18H18S4/c1-5-15(17-19-9-10-20-17)6-2-13(1)14-3-7-16(8-4-14)18-21-11-12-22-18/h1-8,17-18H,9-12H2. The molecule has 2 aliphatic heterocycles. The molecule has 0 aliphatic carbocycles. The van der Waals surface area contributed by atoms with Gasteiger partial charge in [0.1, 0.15) is 0 Å². The monoisotopic (exact) mass is 362 g/mol. The molecule has 0 bridgehead atoms. The van der Waals surface area contributed by atoms with Crippen LogP contribution in [0.4, 0.5) is 0 Å². The highest BCUT2D eigenvalue weighted by Crippen LogP contribution is 2.46. The molecule has 2 fully saturated rings. The van der Waals surface area contributed by atoms with E-state index in [4.69, 9.17) is 0 Å². The Balaban J connectivity index is 1.51. The molecule has 114 valence electrons. The van der Waals surface area contributed by atoms with Crippen molar-refractivity contribution in [2.45, 2.75) is 9.16 Å². The second kappa shape index (κ2) is 7.16. The molecule has 0 N–H and O–H groups in total. The molecule has 4 rings (SSSR count). The van der Waals surface area contributed by atoms with E-state index in [1.54, 1.807) is 0 Å². The van der Waals surface area contributed by atoms with Gasteiger partial charge in [-0.2, -0.15) is 0 Å². The van der Waals surface area contributed by atoms with Crippen molar-refractivity contribution in [1.29, 1.82) is 0 Å². The van der Waals surface area contributed by atoms with Crippen LogP contribution in [0.1, 0.15) is 20.3 Å². The maximum Gasteiger partial charge on any atom is 0.0751 e. The summed E-state index contributed by atoms with van der Waals surface area (Å²) in [7, 11) is 0. The fourth-order valence-corrected chi connectivity index (χ4v) is 8.49. The minimum atomic E-state index is 0.646. The van der Waals surface area contributed by atoms with Gasteiger partial charge in [0, 0.05) is 23.0 Å². The lowest BCUT2D eigenvalue weighted by Crippen LogP contribution is -1.87. The van der Waals surface area contributed by atoms with Crippen LogP contribution in [0, 0.1) is 0 Å². The van der Waals surface area contributed by atoms with Crippen LogP contribution in [0.5, 0.6) is 0 Å². The van der Waals surface area contributed by atoms with Gasteiger partial charge in [-0.05, 0) is 22.3 Å². The first-order valence-corrected chi connectivity index (χ1v) is 11.8. The van der Waals surface area contributed by atoms with Crippen molar-refractivity contribution in [2.75, 3.05) is 23.0 Å². The summed E-state index contributed by atoms with van der Waals surface area (Å²) in [5.41, 5.74) is 5.59. The molecular weight excluding hydrogens is 344 g/mol. The molecule has 0 spiro atoms. The molecule has 0 atom stereocenters. The average Bonchev–Trinajstić information content (AvgIpc) is 3.29. The maximum atomic E-state index is 2.31. The highest BCUT2D eigenvalue weighted by atomic mass is 32.2. The van der Waals surface area contributed by atoms with Crippen molar-refractivity contribution in [3.63, 3.8) is 0 Å². The van der Waals surface area contributed by atoms with Crippen molar-refractivity contribution in [1.82, 2.24) is 0 Å². The fourth-order valence-electron chi connectivity index (χ4n) is 2.77. The topological polar surface area (TPSA) is 0 Å². The second-order valence-electron chi connectivity index (χ2n) is 5.39. The zero-order valence-electron chi connectivity index (χ0n) is 12.2. The van der Waals surface area contributed by atoms with Crippen LogP contribution < -0.4 is 0 Å². The Hall–Kier alpha value is -0.160. The number of hydrogen-bond donors (Lipinski definition) is 0. The molecule has 0 unspecified atom stereocenters. The van der Waals surface area contributed by atoms with Crippen molar-refractivity contribution < 1.29 is 0 Å². The van der Waals surface area contributed by atoms with Crippen LogP contribution >= 0.6 is 47.0 Å². The van der Waals surface area contributed by atoms with Gasteiger partial charge in [0.05, 0.1) is 9.16 Å². The first-order chi connectivity index (χ1) is 10.9. The van der Waals surface area contributed by atoms with Crippen LogP contribution in [-0.4, -0.2) is 23.0 Å². The Morgan fingerprint density at radius 1 is 0.500 bits per heavy atom. The minimum Gasteiger partial charge on any atom is -0.142 e. The number of benzene rings is 2. The highest BCUT2D eigenvalue weighted by Gasteiger charge is 2.19. The summed E-state index contributed by atoms with van der Waals surface area (Å²) in [4.78, 5) is 0. The van der Waals surface area contributed by atoms with Crippen molar-refractivity contribution in [3.8, 4) is 11.1 Å². The zero-order valence-corrected chi connectivity index (χ0v) is 15.5. The summed E-state index contributed by atoms with van der Waals surface area (Å²) in [6.45, 7) is 0. The average molecular weight is 363 g/mol. The first kappa shape index (κ1) is 15.4. The second-order valence-corrected chi connectivity index (χ2v) is 10.8. The lowest BCUT2D eigenvalue weighted by atomic mass is 10.0. The van der Waals surface area contributed by atoms with Gasteiger partial charge in [-0.3, -0.25) is 0 Å². The van der Waals surface area contributed by atoms with Crippen LogP contribution in [0.25, 0.3) is 11.1 Å². The number of rotatable bonds is 3. The molecule has 2 aromatic rings. The predicted octanol–water partition coefficient (Wildman–Crippen LogP) is 6.31. The van der Waals surface area contributed by atoms with E-state index >= 15 is 0 Å². The minimum absolute atomic E-state index is 0.646. The predicted molar refractivity (Wildman–Crippen MR) is 107 cm³/mol. The van der Waals surface area contributed by atoms with E-state index in [2.05, 4.69) is 95.6 Å². The Morgan fingerprint density at radius 2 is 0.818 bits per heavy atom. The molecule has 2 heterocycles. The van der Waals surface area contributed by atoms with Gasteiger partial charge in [0.2, 0.25) is 0 Å². The zero-order chi connectivity index (χ0) is 14.8. The van der Waals surface area contributed by atoms with Crippen molar-refractivity contribution >= 4 is 47.0 Å². The lowest BCUT2D eigenvalue weighted by Gasteiger charge is -2.11. The number of thioether (sulfide) groups is 4.